The van der Waals surface area contributed by atoms with Crippen molar-refractivity contribution in [1.29, 1.82) is 0 Å². The molecule has 0 spiro atoms. The Morgan fingerprint density at radius 1 is 1.00 bits per heavy atom. The van der Waals surface area contributed by atoms with Gasteiger partial charge in [0.1, 0.15) is 6.61 Å². The Labute approximate surface area is 128 Å². The van der Waals surface area contributed by atoms with Crippen LogP contribution in [0, 0.1) is 13.8 Å². The summed E-state index contributed by atoms with van der Waals surface area (Å²) in [4.78, 5) is 31.5. The average Bonchev–Trinajstić information content (AvgIpc) is 2.47. The summed E-state index contributed by atoms with van der Waals surface area (Å²) in [5.41, 5.74) is 1.81. The van der Waals surface area contributed by atoms with Gasteiger partial charge in [0, 0.05) is 6.61 Å². The van der Waals surface area contributed by atoms with Gasteiger partial charge in [0.2, 0.25) is 0 Å². The van der Waals surface area contributed by atoms with Crippen LogP contribution >= 0.6 is 0 Å². The number of carbonyl (C=O) groups excluding carboxylic acids is 2. The molecule has 0 atom stereocenters. The Balaban J connectivity index is 2.26. The Morgan fingerprint density at radius 3 is 2.32 bits per heavy atom. The van der Waals surface area contributed by atoms with Crippen molar-refractivity contribution in [3.63, 3.8) is 0 Å². The monoisotopic (exact) mass is 312 g/mol. The second kappa shape index (κ2) is 9.75. The van der Waals surface area contributed by atoms with Crippen molar-refractivity contribution in [3.8, 4) is 0 Å². The van der Waals surface area contributed by atoms with Crippen molar-refractivity contribution in [3.05, 3.63) is 34.9 Å². The number of hydrogen-bond acceptors (Lipinski definition) is 7. The van der Waals surface area contributed by atoms with E-state index in [4.69, 9.17) is 4.74 Å². The molecule has 0 fully saturated rings. The van der Waals surface area contributed by atoms with Gasteiger partial charge < -0.3 is 9.47 Å². The summed E-state index contributed by atoms with van der Waals surface area (Å²) in [5, 5.41) is 4.13. The molecule has 1 rings (SSSR count). The SMILES string of the molecule is CCCOCCOC(=O)OOOC(=O)c1c(C)cccc1C. The van der Waals surface area contributed by atoms with Crippen molar-refractivity contribution in [2.75, 3.05) is 19.8 Å². The van der Waals surface area contributed by atoms with Crippen molar-refractivity contribution in [2.45, 2.75) is 27.2 Å². The van der Waals surface area contributed by atoms with Crippen molar-refractivity contribution in [2.24, 2.45) is 0 Å². The smallest absolute Gasteiger partial charge is 0.430 e. The fourth-order valence-electron chi connectivity index (χ4n) is 1.71. The van der Waals surface area contributed by atoms with Gasteiger partial charge in [0.15, 0.2) is 0 Å². The maximum absolute atomic E-state index is 11.8. The summed E-state index contributed by atoms with van der Waals surface area (Å²) in [6.45, 7) is 6.35. The number of rotatable bonds is 8. The van der Waals surface area contributed by atoms with Gasteiger partial charge in [-0.2, -0.15) is 0 Å². The van der Waals surface area contributed by atoms with E-state index in [2.05, 4.69) is 19.6 Å². The van der Waals surface area contributed by atoms with E-state index in [-0.39, 0.29) is 13.2 Å². The van der Waals surface area contributed by atoms with E-state index in [1.54, 1.807) is 26.0 Å². The first-order chi connectivity index (χ1) is 10.6. The molecule has 1 aromatic carbocycles. The highest BCUT2D eigenvalue weighted by molar-refractivity contribution is 5.92. The minimum absolute atomic E-state index is 0.0209. The van der Waals surface area contributed by atoms with Gasteiger partial charge in [-0.25, -0.2) is 14.5 Å². The molecule has 0 saturated carbocycles. The fourth-order valence-corrected chi connectivity index (χ4v) is 1.71. The molecule has 0 bridgehead atoms. The molecule has 22 heavy (non-hydrogen) atoms. The third kappa shape index (κ3) is 6.11. The highest BCUT2D eigenvalue weighted by Crippen LogP contribution is 2.14. The second-order valence-electron chi connectivity index (χ2n) is 4.50. The summed E-state index contributed by atoms with van der Waals surface area (Å²) >= 11 is 0. The first kappa shape index (κ1) is 17.9. The predicted octanol–water partition coefficient (Wildman–Crippen LogP) is 2.89. The lowest BCUT2D eigenvalue weighted by atomic mass is 10.0. The lowest BCUT2D eigenvalue weighted by Gasteiger charge is -2.07. The van der Waals surface area contributed by atoms with Gasteiger partial charge in [-0.05, 0) is 31.4 Å². The van der Waals surface area contributed by atoms with E-state index in [0.717, 1.165) is 17.5 Å². The van der Waals surface area contributed by atoms with Crippen LogP contribution in [0.4, 0.5) is 4.79 Å². The van der Waals surface area contributed by atoms with Gasteiger partial charge in [-0.3, -0.25) is 4.89 Å². The molecular formula is C15H20O7. The Bertz CT molecular complexity index is 478. The van der Waals surface area contributed by atoms with Crippen LogP contribution in [0.5, 0.6) is 0 Å². The van der Waals surface area contributed by atoms with E-state index >= 15 is 0 Å². The number of hydrogen-bond donors (Lipinski definition) is 0. The quantitative estimate of drug-likeness (QED) is 0.316. The molecule has 0 amide bonds. The Morgan fingerprint density at radius 2 is 1.68 bits per heavy atom. The highest BCUT2D eigenvalue weighted by Gasteiger charge is 2.16. The number of carbonyl (C=O) groups is 2. The molecule has 122 valence electrons. The summed E-state index contributed by atoms with van der Waals surface area (Å²) in [6.07, 6.45) is -0.239. The molecule has 1 aromatic rings. The third-order valence-corrected chi connectivity index (χ3v) is 2.69. The van der Waals surface area contributed by atoms with Crippen LogP contribution in [0.25, 0.3) is 0 Å². The first-order valence-corrected chi connectivity index (χ1v) is 6.92. The van der Waals surface area contributed by atoms with Gasteiger partial charge in [-0.15, -0.1) is 0 Å². The Hall–Kier alpha value is -2.12. The lowest BCUT2D eigenvalue weighted by molar-refractivity contribution is -0.452. The lowest BCUT2D eigenvalue weighted by Crippen LogP contribution is -2.15. The normalized spacial score (nSPS) is 10.1. The average molecular weight is 312 g/mol. The largest absolute Gasteiger partial charge is 0.543 e. The summed E-state index contributed by atoms with van der Waals surface area (Å²) < 4.78 is 9.72. The van der Waals surface area contributed by atoms with Crippen LogP contribution in [0.3, 0.4) is 0 Å². The van der Waals surface area contributed by atoms with E-state index < -0.39 is 12.1 Å². The molecule has 0 saturated heterocycles. The predicted molar refractivity (Wildman–Crippen MR) is 76.0 cm³/mol. The van der Waals surface area contributed by atoms with E-state index in [1.165, 1.54) is 0 Å². The van der Waals surface area contributed by atoms with E-state index in [0.29, 0.717) is 12.2 Å². The summed E-state index contributed by atoms with van der Waals surface area (Å²) in [7, 11) is 0. The molecule has 0 unspecified atom stereocenters. The number of benzene rings is 1. The molecule has 0 N–H and O–H groups in total. The number of ether oxygens (including phenoxy) is 2. The number of aryl methyl sites for hydroxylation is 2. The van der Waals surface area contributed by atoms with Crippen LogP contribution in [0.2, 0.25) is 0 Å². The third-order valence-electron chi connectivity index (χ3n) is 2.69. The van der Waals surface area contributed by atoms with Crippen LogP contribution in [-0.4, -0.2) is 31.9 Å². The first-order valence-electron chi connectivity index (χ1n) is 6.92. The zero-order valence-electron chi connectivity index (χ0n) is 12.9. The second-order valence-corrected chi connectivity index (χ2v) is 4.50. The standard InChI is InChI=1S/C15H20O7/c1-4-8-18-9-10-19-15(17)21-22-20-14(16)13-11(2)6-5-7-12(13)3/h5-7H,4,8-10H2,1-3H3. The van der Waals surface area contributed by atoms with Crippen molar-refractivity contribution in [1.82, 2.24) is 0 Å². The molecule has 0 radical (unpaired) electrons. The zero-order valence-corrected chi connectivity index (χ0v) is 12.9. The maximum atomic E-state index is 11.8. The van der Waals surface area contributed by atoms with Crippen molar-refractivity contribution >= 4 is 12.1 Å². The van der Waals surface area contributed by atoms with Gasteiger partial charge in [0.05, 0.1) is 17.2 Å². The molecule has 0 heterocycles. The van der Waals surface area contributed by atoms with Crippen molar-refractivity contribution < 1.29 is 33.9 Å². The molecule has 0 aromatic heterocycles. The molecule has 0 aliphatic heterocycles. The van der Waals surface area contributed by atoms with E-state index in [1.807, 2.05) is 13.0 Å². The zero-order chi connectivity index (χ0) is 16.4. The van der Waals surface area contributed by atoms with E-state index in [9.17, 15) is 9.59 Å². The Kier molecular flexibility index (Phi) is 7.95. The molecule has 0 aliphatic rings. The topological polar surface area (TPSA) is 80.3 Å². The summed E-state index contributed by atoms with van der Waals surface area (Å²) in [6, 6.07) is 5.33. The molecule has 7 nitrogen and oxygen atoms in total. The minimum atomic E-state index is -1.12. The van der Waals surface area contributed by atoms with Crippen LogP contribution in [0.1, 0.15) is 34.8 Å². The van der Waals surface area contributed by atoms with Gasteiger partial charge in [-0.1, -0.05) is 25.1 Å². The maximum Gasteiger partial charge on any atom is 0.543 e. The van der Waals surface area contributed by atoms with Crippen LogP contribution in [0.15, 0.2) is 18.2 Å². The van der Waals surface area contributed by atoms with Gasteiger partial charge >= 0.3 is 12.1 Å². The molecule has 0 aliphatic carbocycles. The molecule has 7 heteroatoms. The van der Waals surface area contributed by atoms with Gasteiger partial charge in [0.25, 0.3) is 0 Å². The van der Waals surface area contributed by atoms with Crippen LogP contribution < -0.4 is 0 Å². The highest BCUT2D eigenvalue weighted by atomic mass is 17.5. The fraction of sp³-hybridized carbons (Fsp3) is 0.467. The summed E-state index contributed by atoms with van der Waals surface area (Å²) in [5.74, 6) is -0.755. The minimum Gasteiger partial charge on any atom is -0.430 e. The van der Waals surface area contributed by atoms with Crippen LogP contribution in [-0.2, 0) is 24.3 Å². The molecular weight excluding hydrogens is 292 g/mol.